The Hall–Kier alpha value is -3.67. The van der Waals surface area contributed by atoms with Crippen LogP contribution >= 0.6 is 11.3 Å². The summed E-state index contributed by atoms with van der Waals surface area (Å²) in [5, 5.41) is 13.4. The maximum absolute atomic E-state index is 14.0. The highest BCUT2D eigenvalue weighted by atomic mass is 32.1. The van der Waals surface area contributed by atoms with Crippen LogP contribution in [0.4, 0.5) is 13.2 Å². The molecule has 1 N–H and O–H groups in total. The number of carbonyl (C=O) groups is 3. The number of hydrogen-bond donors (Lipinski definition) is 1. The van der Waals surface area contributed by atoms with Gasteiger partial charge in [-0.3, -0.25) is 14.3 Å². The number of likely N-dealkylation sites (tertiary alicyclic amines) is 2. The van der Waals surface area contributed by atoms with Crippen molar-refractivity contribution in [3.8, 4) is 0 Å². The monoisotopic (exact) mass is 548 g/mol. The number of amides is 2. The third-order valence-corrected chi connectivity index (χ3v) is 7.86. The van der Waals surface area contributed by atoms with Gasteiger partial charge in [0.2, 0.25) is 5.91 Å². The highest BCUT2D eigenvalue weighted by molar-refractivity contribution is 7.12. The van der Waals surface area contributed by atoms with Crippen LogP contribution in [0.1, 0.15) is 39.7 Å². The van der Waals surface area contributed by atoms with Crippen LogP contribution in [0.2, 0.25) is 0 Å². The third-order valence-electron chi connectivity index (χ3n) is 7.00. The second kappa shape index (κ2) is 11.0. The number of alkyl halides is 3. The zero-order valence-corrected chi connectivity index (χ0v) is 21.4. The molecule has 3 aromatic rings. The molecule has 38 heavy (non-hydrogen) atoms. The highest BCUT2D eigenvalue weighted by Crippen LogP contribution is 2.49. The van der Waals surface area contributed by atoms with Crippen molar-refractivity contribution in [2.24, 2.45) is 12.5 Å². The van der Waals surface area contributed by atoms with Gasteiger partial charge in [-0.15, -0.1) is 11.3 Å². The number of carboxylic acids is 1. The normalized spacial score (nSPS) is 21.4. The second-order valence-electron chi connectivity index (χ2n) is 9.37. The Morgan fingerprint density at radius 2 is 1.87 bits per heavy atom. The molecule has 4 heterocycles. The van der Waals surface area contributed by atoms with Crippen LogP contribution in [0.3, 0.4) is 0 Å². The van der Waals surface area contributed by atoms with Gasteiger partial charge in [0.1, 0.15) is 0 Å². The average Bonchev–Trinajstić information content (AvgIpc) is 3.63. The predicted octanol–water partition coefficient (Wildman–Crippen LogP) is 4.16. The highest BCUT2D eigenvalue weighted by Gasteiger charge is 2.57. The van der Waals surface area contributed by atoms with Crippen molar-refractivity contribution in [3.05, 3.63) is 76.2 Å². The fraction of sp³-hybridized carbons (Fsp3) is 0.385. The topological polar surface area (TPSA) is 95.7 Å². The van der Waals surface area contributed by atoms with Gasteiger partial charge in [0.05, 0.1) is 10.3 Å². The summed E-state index contributed by atoms with van der Waals surface area (Å²) in [6, 6.07) is 15.9. The lowest BCUT2D eigenvalue weighted by atomic mass is 9.70. The molecule has 2 atom stereocenters. The zero-order valence-electron chi connectivity index (χ0n) is 20.6. The van der Waals surface area contributed by atoms with Gasteiger partial charge in [-0.05, 0) is 35.9 Å². The minimum absolute atomic E-state index is 0.0204. The molecule has 2 aliphatic rings. The van der Waals surface area contributed by atoms with Crippen molar-refractivity contribution in [1.29, 1.82) is 0 Å². The second-order valence-corrected chi connectivity index (χ2v) is 10.3. The summed E-state index contributed by atoms with van der Waals surface area (Å²) in [5.74, 6) is -2.63. The van der Waals surface area contributed by atoms with E-state index in [-0.39, 0.29) is 17.7 Å². The summed E-state index contributed by atoms with van der Waals surface area (Å²) in [6.45, 7) is 2.37. The van der Waals surface area contributed by atoms with E-state index < -0.39 is 17.6 Å². The maximum atomic E-state index is 14.0. The number of hydrogen-bond acceptors (Lipinski definition) is 5. The summed E-state index contributed by atoms with van der Waals surface area (Å²) in [4.78, 5) is 40.7. The van der Waals surface area contributed by atoms with Crippen LogP contribution in [-0.2, 0) is 23.2 Å². The molecular weight excluding hydrogens is 521 g/mol. The van der Waals surface area contributed by atoms with Crippen molar-refractivity contribution >= 4 is 29.1 Å². The Labute approximate surface area is 221 Å². The van der Waals surface area contributed by atoms with Crippen molar-refractivity contribution in [1.82, 2.24) is 19.6 Å². The Kier molecular flexibility index (Phi) is 7.91. The third kappa shape index (κ3) is 5.59. The number of benzene rings is 1. The van der Waals surface area contributed by atoms with Gasteiger partial charge in [-0.1, -0.05) is 36.4 Å². The fourth-order valence-corrected chi connectivity index (χ4v) is 5.95. The van der Waals surface area contributed by atoms with E-state index in [0.717, 1.165) is 35.5 Å². The van der Waals surface area contributed by atoms with Gasteiger partial charge in [0.25, 0.3) is 5.91 Å². The molecule has 2 aliphatic heterocycles. The quantitative estimate of drug-likeness (QED) is 0.528. The zero-order chi connectivity index (χ0) is 27.5. The lowest BCUT2D eigenvalue weighted by Crippen LogP contribution is -2.52. The minimum atomic E-state index is -5.08. The number of carbonyl (C=O) groups excluding carboxylic acids is 2. The molecule has 2 aromatic heterocycles. The molecule has 2 fully saturated rings. The Morgan fingerprint density at radius 3 is 2.45 bits per heavy atom. The summed E-state index contributed by atoms with van der Waals surface area (Å²) in [5.41, 5.74) is 1.55. The molecule has 0 radical (unpaired) electrons. The van der Waals surface area contributed by atoms with Crippen molar-refractivity contribution < 1.29 is 32.7 Å². The molecule has 0 aliphatic carbocycles. The van der Waals surface area contributed by atoms with Gasteiger partial charge in [-0.25, -0.2) is 4.79 Å². The molecule has 2 saturated heterocycles. The standard InChI is InChI=1S/C24H26N4O2S.C2HF3O2/c1-26-20(10-12-25-26)19-16-28(22(29)21-9-5-14-31-21)17-24(19)11-6-13-27(23(24)30)15-18-7-3-2-4-8-18;3-2(4,5)1(6)7/h2-5,7-10,12,14,19H,6,11,13,15-17H2,1H3;(H,6,7)/t19-,24+;/m0./s1. The Balaban J connectivity index is 0.000000426. The summed E-state index contributed by atoms with van der Waals surface area (Å²) < 4.78 is 33.6. The van der Waals surface area contributed by atoms with Gasteiger partial charge in [-0.2, -0.15) is 18.3 Å². The van der Waals surface area contributed by atoms with Crippen LogP contribution in [0, 0.1) is 5.41 Å². The molecule has 12 heteroatoms. The molecule has 0 unspecified atom stereocenters. The van der Waals surface area contributed by atoms with E-state index >= 15 is 0 Å². The first-order valence-electron chi connectivity index (χ1n) is 12.0. The number of aliphatic carboxylic acids is 1. The molecule has 1 spiro atoms. The maximum Gasteiger partial charge on any atom is 0.490 e. The lowest BCUT2D eigenvalue weighted by Gasteiger charge is -2.42. The molecule has 0 saturated carbocycles. The molecular formula is C26H27F3N4O4S. The van der Waals surface area contributed by atoms with E-state index in [2.05, 4.69) is 17.2 Å². The number of aromatic nitrogens is 2. The minimum Gasteiger partial charge on any atom is -0.475 e. The Morgan fingerprint density at radius 1 is 1.16 bits per heavy atom. The number of rotatable bonds is 4. The first-order chi connectivity index (χ1) is 18.0. The van der Waals surface area contributed by atoms with E-state index in [1.807, 2.05) is 63.3 Å². The molecule has 8 nitrogen and oxygen atoms in total. The number of nitrogens with zero attached hydrogens (tertiary/aromatic N) is 4. The van der Waals surface area contributed by atoms with Crippen molar-refractivity contribution in [3.63, 3.8) is 0 Å². The van der Waals surface area contributed by atoms with Crippen LogP contribution in [0.25, 0.3) is 0 Å². The van der Waals surface area contributed by atoms with E-state index in [9.17, 15) is 22.8 Å². The first kappa shape index (κ1) is 27.4. The number of carboxylic acid groups (broad SMARTS) is 1. The number of piperidine rings is 1. The van der Waals surface area contributed by atoms with Crippen LogP contribution in [0.15, 0.2) is 60.1 Å². The molecule has 202 valence electrons. The molecule has 1 aromatic carbocycles. The van der Waals surface area contributed by atoms with E-state index in [4.69, 9.17) is 9.90 Å². The molecule has 2 amide bonds. The molecule has 0 bridgehead atoms. The smallest absolute Gasteiger partial charge is 0.475 e. The summed E-state index contributed by atoms with van der Waals surface area (Å²) >= 11 is 1.45. The summed E-state index contributed by atoms with van der Waals surface area (Å²) in [6.07, 6.45) is -1.57. The molecule has 5 rings (SSSR count). The van der Waals surface area contributed by atoms with Crippen LogP contribution in [-0.4, -0.2) is 68.3 Å². The lowest BCUT2D eigenvalue weighted by molar-refractivity contribution is -0.192. The van der Waals surface area contributed by atoms with E-state index in [1.165, 1.54) is 11.3 Å². The van der Waals surface area contributed by atoms with E-state index in [0.29, 0.717) is 19.6 Å². The predicted molar refractivity (Wildman–Crippen MR) is 133 cm³/mol. The van der Waals surface area contributed by atoms with Gasteiger partial charge < -0.3 is 14.9 Å². The van der Waals surface area contributed by atoms with Crippen molar-refractivity contribution in [2.45, 2.75) is 31.5 Å². The van der Waals surface area contributed by atoms with Gasteiger partial charge >= 0.3 is 12.1 Å². The van der Waals surface area contributed by atoms with E-state index in [1.54, 1.807) is 6.20 Å². The average molecular weight is 549 g/mol. The van der Waals surface area contributed by atoms with Gasteiger partial charge in [0, 0.05) is 51.0 Å². The van der Waals surface area contributed by atoms with Crippen LogP contribution in [0.5, 0.6) is 0 Å². The van der Waals surface area contributed by atoms with Gasteiger partial charge in [0.15, 0.2) is 0 Å². The number of halogens is 3. The largest absolute Gasteiger partial charge is 0.490 e. The number of aryl methyl sites for hydroxylation is 1. The summed E-state index contributed by atoms with van der Waals surface area (Å²) in [7, 11) is 1.92. The Bertz CT molecular complexity index is 1280. The van der Waals surface area contributed by atoms with Crippen molar-refractivity contribution in [2.75, 3.05) is 19.6 Å². The fourth-order valence-electron chi connectivity index (χ4n) is 5.26. The first-order valence-corrected chi connectivity index (χ1v) is 12.8. The van der Waals surface area contributed by atoms with Crippen LogP contribution < -0.4 is 0 Å². The number of thiophene rings is 1. The SMILES string of the molecule is Cn1nccc1[C@@H]1CN(C(=O)c2cccs2)C[C@]12CCCN(Cc1ccccc1)C2=O.O=C(O)C(F)(F)F.